The van der Waals surface area contributed by atoms with Crippen molar-refractivity contribution in [3.05, 3.63) is 59.9 Å². The second-order valence-corrected chi connectivity index (χ2v) is 5.08. The molecule has 1 N–H and O–H groups in total. The van der Waals surface area contributed by atoms with E-state index in [1.165, 1.54) is 12.1 Å². The lowest BCUT2D eigenvalue weighted by Gasteiger charge is -2.16. The summed E-state index contributed by atoms with van der Waals surface area (Å²) in [4.78, 5) is 0. The van der Waals surface area contributed by atoms with E-state index in [0.29, 0.717) is 13.2 Å². The van der Waals surface area contributed by atoms with E-state index in [1.807, 2.05) is 24.3 Å². The predicted octanol–water partition coefficient (Wildman–Crippen LogP) is 3.15. The zero-order valence-electron chi connectivity index (χ0n) is 11.7. The van der Waals surface area contributed by atoms with Gasteiger partial charge in [-0.05, 0) is 29.8 Å². The van der Waals surface area contributed by atoms with Crippen LogP contribution in [0, 0.1) is 5.82 Å². The fourth-order valence-electron chi connectivity index (χ4n) is 2.33. The van der Waals surface area contributed by atoms with Gasteiger partial charge in [0.1, 0.15) is 11.9 Å². The quantitative estimate of drug-likeness (QED) is 0.937. The number of para-hydroxylation sites is 2. The Hall–Kier alpha value is -2.07. The minimum absolute atomic E-state index is 0.0779. The largest absolute Gasteiger partial charge is 0.490 e. The van der Waals surface area contributed by atoms with Gasteiger partial charge in [-0.3, -0.25) is 0 Å². The number of fused-ring (bicyclic) bond motifs is 1. The maximum absolute atomic E-state index is 12.8. The number of hydrogen-bond acceptors (Lipinski definition) is 3. The van der Waals surface area contributed by atoms with E-state index in [2.05, 4.69) is 5.32 Å². The minimum Gasteiger partial charge on any atom is -0.490 e. The first-order valence-corrected chi connectivity index (χ1v) is 7.15. The smallest absolute Gasteiger partial charge is 0.161 e. The van der Waals surface area contributed by atoms with Gasteiger partial charge in [0.05, 0.1) is 6.61 Å². The van der Waals surface area contributed by atoms with Gasteiger partial charge in [0.15, 0.2) is 11.5 Å². The Morgan fingerprint density at radius 3 is 2.62 bits per heavy atom. The van der Waals surface area contributed by atoms with Gasteiger partial charge in [-0.2, -0.15) is 0 Å². The predicted molar refractivity (Wildman–Crippen MR) is 79.1 cm³/mol. The van der Waals surface area contributed by atoms with Crippen LogP contribution in [0.3, 0.4) is 0 Å². The number of hydrogen-bond donors (Lipinski definition) is 1. The second kappa shape index (κ2) is 6.59. The third-order valence-electron chi connectivity index (χ3n) is 3.45. The van der Waals surface area contributed by atoms with Crippen molar-refractivity contribution in [2.75, 3.05) is 13.2 Å². The van der Waals surface area contributed by atoms with Crippen molar-refractivity contribution in [2.45, 2.75) is 19.1 Å². The van der Waals surface area contributed by atoms with Gasteiger partial charge >= 0.3 is 0 Å². The molecule has 2 aromatic rings. The average Bonchev–Trinajstić information content (AvgIpc) is 2.71. The van der Waals surface area contributed by atoms with E-state index < -0.39 is 0 Å². The molecule has 1 unspecified atom stereocenters. The first kappa shape index (κ1) is 13.9. The van der Waals surface area contributed by atoms with Crippen LogP contribution in [-0.4, -0.2) is 19.3 Å². The highest BCUT2D eigenvalue weighted by Crippen LogP contribution is 2.30. The van der Waals surface area contributed by atoms with Crippen molar-refractivity contribution in [3.63, 3.8) is 0 Å². The zero-order valence-corrected chi connectivity index (χ0v) is 11.7. The van der Waals surface area contributed by atoms with E-state index >= 15 is 0 Å². The van der Waals surface area contributed by atoms with Crippen molar-refractivity contribution in [1.29, 1.82) is 0 Å². The van der Waals surface area contributed by atoms with E-state index in [1.54, 1.807) is 12.1 Å². The molecule has 3 rings (SSSR count). The Morgan fingerprint density at radius 1 is 1.05 bits per heavy atom. The lowest BCUT2D eigenvalue weighted by molar-refractivity contribution is 0.187. The van der Waals surface area contributed by atoms with Crippen molar-refractivity contribution in [3.8, 4) is 11.5 Å². The topological polar surface area (TPSA) is 30.5 Å². The minimum atomic E-state index is -0.209. The summed E-state index contributed by atoms with van der Waals surface area (Å²) >= 11 is 0. The van der Waals surface area contributed by atoms with Gasteiger partial charge in [-0.1, -0.05) is 24.3 Å². The Balaban J connectivity index is 1.53. The molecule has 0 fully saturated rings. The number of benzene rings is 2. The second-order valence-electron chi connectivity index (χ2n) is 5.08. The lowest BCUT2D eigenvalue weighted by atomic mass is 10.2. The van der Waals surface area contributed by atoms with E-state index in [4.69, 9.17) is 9.47 Å². The van der Waals surface area contributed by atoms with Gasteiger partial charge in [0.25, 0.3) is 0 Å². The Morgan fingerprint density at radius 2 is 1.81 bits per heavy atom. The number of nitrogens with one attached hydrogen (secondary N) is 1. The third-order valence-corrected chi connectivity index (χ3v) is 3.45. The van der Waals surface area contributed by atoms with E-state index in [-0.39, 0.29) is 11.9 Å². The summed E-state index contributed by atoms with van der Waals surface area (Å²) < 4.78 is 24.5. The molecule has 0 amide bonds. The number of rotatable bonds is 4. The molecule has 0 bridgehead atoms. The van der Waals surface area contributed by atoms with Crippen molar-refractivity contribution in [2.24, 2.45) is 0 Å². The Bertz CT molecular complexity index is 586. The molecule has 1 aliphatic rings. The number of halogens is 1. The molecule has 0 radical (unpaired) electrons. The van der Waals surface area contributed by atoms with Crippen LogP contribution in [-0.2, 0) is 6.54 Å². The standard InChI is InChI=1S/C17H18FNO2/c18-14-7-5-13(6-8-14)11-19-12-15-9-10-20-16-3-1-2-4-17(16)21-15/h1-8,15,19H,9-12H2. The van der Waals surface area contributed by atoms with Crippen molar-refractivity contribution < 1.29 is 13.9 Å². The number of ether oxygens (including phenoxy) is 2. The zero-order chi connectivity index (χ0) is 14.5. The van der Waals surface area contributed by atoms with Gasteiger partial charge in [0.2, 0.25) is 0 Å². The Kier molecular flexibility index (Phi) is 4.36. The third kappa shape index (κ3) is 3.73. The van der Waals surface area contributed by atoms with Crippen LogP contribution in [0.25, 0.3) is 0 Å². The van der Waals surface area contributed by atoms with Crippen LogP contribution >= 0.6 is 0 Å². The summed E-state index contributed by atoms with van der Waals surface area (Å²) in [5.41, 5.74) is 1.06. The highest BCUT2D eigenvalue weighted by atomic mass is 19.1. The molecule has 0 saturated heterocycles. The maximum atomic E-state index is 12.8. The van der Waals surface area contributed by atoms with Crippen LogP contribution in [0.4, 0.5) is 4.39 Å². The highest BCUT2D eigenvalue weighted by Gasteiger charge is 2.17. The van der Waals surface area contributed by atoms with Gasteiger partial charge in [0, 0.05) is 19.5 Å². The van der Waals surface area contributed by atoms with Gasteiger partial charge in [-0.15, -0.1) is 0 Å². The highest BCUT2D eigenvalue weighted by molar-refractivity contribution is 5.40. The van der Waals surface area contributed by atoms with Crippen LogP contribution in [0.2, 0.25) is 0 Å². The average molecular weight is 287 g/mol. The molecule has 0 aromatic heterocycles. The normalized spacial score (nSPS) is 17.3. The molecular weight excluding hydrogens is 269 g/mol. The molecule has 2 aromatic carbocycles. The van der Waals surface area contributed by atoms with Gasteiger partial charge < -0.3 is 14.8 Å². The van der Waals surface area contributed by atoms with Gasteiger partial charge in [-0.25, -0.2) is 4.39 Å². The summed E-state index contributed by atoms with van der Waals surface area (Å²) in [6.07, 6.45) is 0.916. The van der Waals surface area contributed by atoms with E-state index in [9.17, 15) is 4.39 Å². The summed E-state index contributed by atoms with van der Waals surface area (Å²) in [7, 11) is 0. The van der Waals surface area contributed by atoms with Crippen LogP contribution < -0.4 is 14.8 Å². The van der Waals surface area contributed by atoms with Crippen LogP contribution in [0.5, 0.6) is 11.5 Å². The molecule has 1 aliphatic heterocycles. The maximum Gasteiger partial charge on any atom is 0.161 e. The van der Waals surface area contributed by atoms with Crippen LogP contribution in [0.1, 0.15) is 12.0 Å². The molecule has 3 nitrogen and oxygen atoms in total. The monoisotopic (exact) mass is 287 g/mol. The van der Waals surface area contributed by atoms with Crippen molar-refractivity contribution in [1.82, 2.24) is 5.32 Å². The molecule has 0 saturated carbocycles. The molecule has 4 heteroatoms. The van der Waals surface area contributed by atoms with Crippen LogP contribution in [0.15, 0.2) is 48.5 Å². The molecular formula is C17H18FNO2. The molecule has 0 spiro atoms. The lowest BCUT2D eigenvalue weighted by Crippen LogP contribution is -2.31. The first-order valence-electron chi connectivity index (χ1n) is 7.15. The summed E-state index contributed by atoms with van der Waals surface area (Å²) in [5, 5.41) is 3.35. The summed E-state index contributed by atoms with van der Waals surface area (Å²) in [5.74, 6) is 1.39. The fourth-order valence-corrected chi connectivity index (χ4v) is 2.33. The summed E-state index contributed by atoms with van der Waals surface area (Å²) in [6, 6.07) is 14.2. The molecule has 1 atom stereocenters. The fraction of sp³-hybridized carbons (Fsp3) is 0.294. The molecule has 110 valence electrons. The summed E-state index contributed by atoms with van der Waals surface area (Å²) in [6.45, 7) is 2.08. The van der Waals surface area contributed by atoms with E-state index in [0.717, 1.165) is 30.0 Å². The Labute approximate surface area is 123 Å². The SMILES string of the molecule is Fc1ccc(CNCC2CCOc3ccccc3O2)cc1. The molecule has 0 aliphatic carbocycles. The molecule has 21 heavy (non-hydrogen) atoms. The molecule has 1 heterocycles. The van der Waals surface area contributed by atoms with Crippen molar-refractivity contribution >= 4 is 0 Å². The first-order chi connectivity index (χ1) is 10.3.